The van der Waals surface area contributed by atoms with Crippen LogP contribution in [0.15, 0.2) is 87.5 Å². The van der Waals surface area contributed by atoms with E-state index >= 15 is 0 Å². The van der Waals surface area contributed by atoms with Crippen molar-refractivity contribution in [2.75, 3.05) is 13.2 Å². The van der Waals surface area contributed by atoms with Crippen molar-refractivity contribution < 1.29 is 36.0 Å². The van der Waals surface area contributed by atoms with Gasteiger partial charge in [-0.1, -0.05) is 31.2 Å². The fourth-order valence-electron chi connectivity index (χ4n) is 4.27. The van der Waals surface area contributed by atoms with Crippen molar-refractivity contribution in [3.05, 3.63) is 83.9 Å². The van der Waals surface area contributed by atoms with Crippen LogP contribution in [-0.4, -0.2) is 43.1 Å². The molecule has 6 nitrogen and oxygen atoms in total. The zero-order valence-corrected chi connectivity index (χ0v) is 24.8. The zero-order valence-electron chi connectivity index (χ0n) is 23.2. The predicted octanol–water partition coefficient (Wildman–Crippen LogP) is 6.63. The van der Waals surface area contributed by atoms with Crippen LogP contribution in [0.3, 0.4) is 0 Å². The van der Waals surface area contributed by atoms with Gasteiger partial charge in [-0.05, 0) is 93.8 Å². The predicted molar refractivity (Wildman–Crippen MR) is 151 cm³/mol. The molecule has 3 unspecified atom stereocenters. The number of aryl methyl sites for hydroxylation is 1. The van der Waals surface area contributed by atoms with Crippen molar-refractivity contribution in [2.45, 2.75) is 78.3 Å². The standard InChI is InChI=1S/C30H34F2O6S2/c1-6-22-7-13-25(14-8-22)39(26-15-9-23(10-16-26)29(5)20-36-28(3,4)19-37-29)27-17-11-24(12-18-27)38-21(2)30(31,32)40(33,34)35/h7-18,21H,6,19-20H2,1-5H3/p+1. The van der Waals surface area contributed by atoms with Crippen LogP contribution in [0.4, 0.5) is 8.78 Å². The molecule has 1 aliphatic heterocycles. The maximum Gasteiger partial charge on any atom is 0.405 e. The summed E-state index contributed by atoms with van der Waals surface area (Å²) in [6.07, 6.45) is -1.17. The summed E-state index contributed by atoms with van der Waals surface area (Å²) < 4.78 is 76.4. The summed E-state index contributed by atoms with van der Waals surface area (Å²) in [6, 6.07) is 23.2. The van der Waals surface area contributed by atoms with Crippen LogP contribution in [0.1, 0.15) is 45.7 Å². The Morgan fingerprint density at radius 2 is 1.40 bits per heavy atom. The molecule has 40 heavy (non-hydrogen) atoms. The fourth-order valence-corrected chi connectivity index (χ4v) is 6.77. The number of hydrogen-bond donors (Lipinski definition) is 1. The van der Waals surface area contributed by atoms with Crippen molar-refractivity contribution in [1.29, 1.82) is 0 Å². The molecule has 1 N–H and O–H groups in total. The van der Waals surface area contributed by atoms with Crippen LogP contribution in [0.25, 0.3) is 0 Å². The molecule has 1 heterocycles. The number of halogens is 2. The van der Waals surface area contributed by atoms with E-state index in [2.05, 4.69) is 43.3 Å². The maximum absolute atomic E-state index is 14.0. The van der Waals surface area contributed by atoms with Gasteiger partial charge in [0.1, 0.15) is 11.4 Å². The molecule has 0 amide bonds. The summed E-state index contributed by atoms with van der Waals surface area (Å²) in [6.45, 7) is 9.95. The lowest BCUT2D eigenvalue weighted by atomic mass is 9.94. The van der Waals surface area contributed by atoms with Gasteiger partial charge in [-0.15, -0.1) is 0 Å². The second-order valence-corrected chi connectivity index (χ2v) is 14.2. The number of ether oxygens (including phenoxy) is 3. The van der Waals surface area contributed by atoms with Gasteiger partial charge in [-0.3, -0.25) is 4.55 Å². The van der Waals surface area contributed by atoms with E-state index in [9.17, 15) is 17.2 Å². The van der Waals surface area contributed by atoms with Gasteiger partial charge in [-0.2, -0.15) is 17.2 Å². The molecule has 1 aliphatic rings. The largest absolute Gasteiger partial charge is 0.483 e. The molecule has 3 atom stereocenters. The summed E-state index contributed by atoms with van der Waals surface area (Å²) in [5, 5.41) is -4.45. The molecule has 0 saturated carbocycles. The van der Waals surface area contributed by atoms with E-state index in [0.29, 0.717) is 13.2 Å². The third-order valence-electron chi connectivity index (χ3n) is 6.93. The monoisotopic (exact) mass is 593 g/mol. The number of alkyl halides is 2. The maximum atomic E-state index is 14.0. The molecule has 3 aromatic carbocycles. The lowest BCUT2D eigenvalue weighted by Crippen LogP contribution is -2.47. The van der Waals surface area contributed by atoms with Crippen LogP contribution in [0.5, 0.6) is 5.75 Å². The molecule has 0 radical (unpaired) electrons. The van der Waals surface area contributed by atoms with Gasteiger partial charge in [0.15, 0.2) is 20.8 Å². The molecule has 0 aromatic heterocycles. The highest BCUT2D eigenvalue weighted by Crippen LogP contribution is 2.37. The Hall–Kier alpha value is -2.50. The highest BCUT2D eigenvalue weighted by Gasteiger charge is 2.51. The van der Waals surface area contributed by atoms with Crippen LogP contribution >= 0.6 is 0 Å². The van der Waals surface area contributed by atoms with Crippen LogP contribution < -0.4 is 4.74 Å². The lowest BCUT2D eigenvalue weighted by Gasteiger charge is -2.41. The van der Waals surface area contributed by atoms with E-state index in [4.69, 9.17) is 18.8 Å². The molecule has 1 saturated heterocycles. The smallest absolute Gasteiger partial charge is 0.405 e. The third kappa shape index (κ3) is 6.52. The first-order valence-electron chi connectivity index (χ1n) is 13.0. The molecular weight excluding hydrogens is 558 g/mol. The Morgan fingerprint density at radius 3 is 1.85 bits per heavy atom. The molecule has 10 heteroatoms. The van der Waals surface area contributed by atoms with Crippen LogP contribution in [-0.2, 0) is 42.5 Å². The van der Waals surface area contributed by atoms with Gasteiger partial charge in [0.2, 0.25) is 0 Å². The number of hydrogen-bond acceptors (Lipinski definition) is 5. The molecule has 0 bridgehead atoms. The number of rotatable bonds is 9. The van der Waals surface area contributed by atoms with E-state index in [-0.39, 0.29) is 11.4 Å². The Labute approximate surface area is 237 Å². The lowest BCUT2D eigenvalue weighted by molar-refractivity contribution is -0.221. The van der Waals surface area contributed by atoms with Gasteiger partial charge >= 0.3 is 15.4 Å². The normalized spacial score (nSPS) is 21.0. The van der Waals surface area contributed by atoms with Gasteiger partial charge < -0.3 is 14.2 Å². The van der Waals surface area contributed by atoms with E-state index in [1.54, 1.807) is 12.1 Å². The van der Waals surface area contributed by atoms with Crippen LogP contribution in [0.2, 0.25) is 0 Å². The van der Waals surface area contributed by atoms with E-state index in [1.807, 2.05) is 32.9 Å². The second kappa shape index (κ2) is 11.4. The Balaban J connectivity index is 1.64. The SMILES string of the molecule is CCc1ccc([S+](c2ccc(OC(C)C(F)(F)S(=O)(=O)O)cc2)c2ccc(C3(C)COC(C)(C)CO3)cc2)cc1. The second-order valence-electron chi connectivity index (χ2n) is 10.7. The van der Waals surface area contributed by atoms with Gasteiger partial charge in [0.25, 0.3) is 0 Å². The van der Waals surface area contributed by atoms with Gasteiger partial charge in [0, 0.05) is 0 Å². The minimum Gasteiger partial charge on any atom is -0.483 e. The van der Waals surface area contributed by atoms with E-state index in [0.717, 1.165) is 33.6 Å². The Morgan fingerprint density at radius 1 is 0.900 bits per heavy atom. The molecule has 4 rings (SSSR count). The molecule has 0 aliphatic carbocycles. The minimum atomic E-state index is -5.62. The zero-order chi connectivity index (χ0) is 29.3. The van der Waals surface area contributed by atoms with Crippen molar-refractivity contribution in [1.82, 2.24) is 0 Å². The number of benzene rings is 3. The minimum absolute atomic E-state index is 0.0603. The first-order chi connectivity index (χ1) is 18.6. The molecule has 216 valence electrons. The molecule has 3 aromatic rings. The summed E-state index contributed by atoms with van der Waals surface area (Å²) in [5.74, 6) is 0.0603. The average molecular weight is 594 g/mol. The summed E-state index contributed by atoms with van der Waals surface area (Å²) >= 11 is 0. The van der Waals surface area contributed by atoms with Crippen molar-refractivity contribution in [2.24, 2.45) is 0 Å². The summed E-state index contributed by atoms with van der Waals surface area (Å²) in [7, 11) is -6.14. The van der Waals surface area contributed by atoms with Crippen molar-refractivity contribution in [3.63, 3.8) is 0 Å². The first-order valence-corrected chi connectivity index (χ1v) is 15.6. The summed E-state index contributed by atoms with van der Waals surface area (Å²) in [5.41, 5.74) is 1.33. The molecular formula is C30H35F2O6S2+. The van der Waals surface area contributed by atoms with Crippen molar-refractivity contribution >= 4 is 21.0 Å². The van der Waals surface area contributed by atoms with Crippen molar-refractivity contribution in [3.8, 4) is 5.75 Å². The fraction of sp³-hybridized carbons (Fsp3) is 0.400. The Bertz CT molecular complexity index is 1400. The van der Waals surface area contributed by atoms with Gasteiger partial charge in [0.05, 0.1) is 29.7 Å². The first kappa shape index (κ1) is 30.5. The average Bonchev–Trinajstić information content (AvgIpc) is 2.92. The topological polar surface area (TPSA) is 82.1 Å². The quantitative estimate of drug-likeness (QED) is 0.222. The third-order valence-corrected chi connectivity index (χ3v) is 10.2. The summed E-state index contributed by atoms with van der Waals surface area (Å²) in [4.78, 5) is 3.05. The van der Waals surface area contributed by atoms with E-state index in [1.165, 1.54) is 17.7 Å². The molecule has 1 fully saturated rings. The highest BCUT2D eigenvalue weighted by atomic mass is 32.2. The van der Waals surface area contributed by atoms with E-state index < -0.39 is 38.0 Å². The van der Waals surface area contributed by atoms with Crippen LogP contribution in [0, 0.1) is 0 Å². The Kier molecular flexibility index (Phi) is 8.69. The molecule has 0 spiro atoms. The highest BCUT2D eigenvalue weighted by molar-refractivity contribution is 7.97. The van der Waals surface area contributed by atoms with Gasteiger partial charge in [-0.25, -0.2) is 0 Å².